The van der Waals surface area contributed by atoms with Gasteiger partial charge in [0.2, 0.25) is 0 Å². The molecule has 6 heteroatoms. The van der Waals surface area contributed by atoms with E-state index in [1.54, 1.807) is 0 Å². The maximum Gasteiger partial charge on any atom is 0.151 e. The molecule has 2 heterocycles. The molecule has 1 aromatic heterocycles. The van der Waals surface area contributed by atoms with E-state index in [0.29, 0.717) is 18.7 Å². The van der Waals surface area contributed by atoms with Crippen LogP contribution in [0.3, 0.4) is 0 Å². The Morgan fingerprint density at radius 1 is 1.47 bits per heavy atom. The van der Waals surface area contributed by atoms with Gasteiger partial charge in [-0.2, -0.15) is 0 Å². The average molecular weight is 283 g/mol. The minimum Gasteiger partial charge on any atom is -0.327 e. The van der Waals surface area contributed by atoms with Gasteiger partial charge in [0.25, 0.3) is 0 Å². The van der Waals surface area contributed by atoms with Crippen molar-refractivity contribution in [3.63, 3.8) is 0 Å². The Kier molecular flexibility index (Phi) is 4.20. The molecule has 0 radical (unpaired) electrons. The van der Waals surface area contributed by atoms with Gasteiger partial charge in [-0.25, -0.2) is 18.4 Å². The van der Waals surface area contributed by atoms with Crippen LogP contribution < -0.4 is 5.73 Å². The van der Waals surface area contributed by atoms with Gasteiger partial charge in [0.1, 0.15) is 5.82 Å². The molecule has 1 aliphatic rings. The van der Waals surface area contributed by atoms with Crippen LogP contribution in [0.1, 0.15) is 42.9 Å². The van der Waals surface area contributed by atoms with Crippen molar-refractivity contribution in [3.8, 4) is 0 Å². The Hall–Kier alpha value is -1.01. The van der Waals surface area contributed by atoms with E-state index in [2.05, 4.69) is 9.97 Å². The second-order valence-electron chi connectivity index (χ2n) is 5.33. The molecule has 0 aliphatic carbocycles. The molecule has 1 aliphatic heterocycles. The van der Waals surface area contributed by atoms with Crippen LogP contribution in [-0.2, 0) is 16.3 Å². The van der Waals surface area contributed by atoms with Crippen LogP contribution in [0.15, 0.2) is 6.07 Å². The summed E-state index contributed by atoms with van der Waals surface area (Å²) in [5.74, 6) is 1.04. The molecule has 0 bridgehead atoms. The summed E-state index contributed by atoms with van der Waals surface area (Å²) in [5.41, 5.74) is 7.75. The molecular formula is C13H21N3O2S. The molecule has 2 unspecified atom stereocenters. The Labute approximate surface area is 114 Å². The van der Waals surface area contributed by atoms with Crippen LogP contribution in [0.4, 0.5) is 0 Å². The lowest BCUT2D eigenvalue weighted by Crippen LogP contribution is -2.22. The summed E-state index contributed by atoms with van der Waals surface area (Å²) in [7, 11) is -2.90. The third-order valence-corrected chi connectivity index (χ3v) is 5.29. The molecule has 106 valence electrons. The van der Waals surface area contributed by atoms with Gasteiger partial charge in [-0.15, -0.1) is 0 Å². The van der Waals surface area contributed by atoms with Crippen molar-refractivity contribution in [3.05, 3.63) is 23.3 Å². The summed E-state index contributed by atoms with van der Waals surface area (Å²) in [6.45, 7) is 3.96. The summed E-state index contributed by atoms with van der Waals surface area (Å²) in [5, 5.41) is 0. The van der Waals surface area contributed by atoms with Crippen molar-refractivity contribution in [1.82, 2.24) is 9.97 Å². The van der Waals surface area contributed by atoms with Crippen LogP contribution in [0.2, 0.25) is 0 Å². The molecule has 2 N–H and O–H groups in total. The van der Waals surface area contributed by atoms with Crippen LogP contribution in [-0.4, -0.2) is 35.9 Å². The van der Waals surface area contributed by atoms with Crippen molar-refractivity contribution in [2.45, 2.75) is 45.1 Å². The summed E-state index contributed by atoms with van der Waals surface area (Å²) < 4.78 is 23.1. The molecule has 0 spiro atoms. The van der Waals surface area contributed by atoms with E-state index in [-0.39, 0.29) is 23.5 Å². The van der Waals surface area contributed by atoms with Gasteiger partial charge >= 0.3 is 0 Å². The van der Waals surface area contributed by atoms with Gasteiger partial charge in [-0.1, -0.05) is 6.92 Å². The lowest BCUT2D eigenvalue weighted by Gasteiger charge is -2.12. The van der Waals surface area contributed by atoms with Crippen molar-refractivity contribution < 1.29 is 8.42 Å². The van der Waals surface area contributed by atoms with Crippen molar-refractivity contribution >= 4 is 9.84 Å². The number of hydrogen-bond acceptors (Lipinski definition) is 5. The van der Waals surface area contributed by atoms with E-state index in [1.165, 1.54) is 0 Å². The lowest BCUT2D eigenvalue weighted by atomic mass is 10.1. The lowest BCUT2D eigenvalue weighted by molar-refractivity contribution is 0.600. The van der Waals surface area contributed by atoms with Gasteiger partial charge in [-0.3, -0.25) is 0 Å². The maximum atomic E-state index is 11.5. The van der Waals surface area contributed by atoms with E-state index in [1.807, 2.05) is 19.9 Å². The fourth-order valence-electron chi connectivity index (χ4n) is 2.36. The second-order valence-corrected chi connectivity index (χ2v) is 7.56. The van der Waals surface area contributed by atoms with Crippen molar-refractivity contribution in [2.24, 2.45) is 5.73 Å². The van der Waals surface area contributed by atoms with E-state index in [0.717, 1.165) is 17.8 Å². The highest BCUT2D eigenvalue weighted by molar-refractivity contribution is 7.91. The minimum absolute atomic E-state index is 0.0542. The smallest absolute Gasteiger partial charge is 0.151 e. The zero-order valence-corrected chi connectivity index (χ0v) is 12.3. The molecule has 0 amide bonds. The Balaban J connectivity index is 2.22. The predicted molar refractivity (Wildman–Crippen MR) is 74.8 cm³/mol. The molecule has 0 saturated carbocycles. The number of aryl methyl sites for hydroxylation is 1. The highest BCUT2D eigenvalue weighted by Crippen LogP contribution is 2.26. The van der Waals surface area contributed by atoms with E-state index in [9.17, 15) is 8.42 Å². The highest BCUT2D eigenvalue weighted by Gasteiger charge is 2.31. The number of nitrogens with zero attached hydrogens (tertiary/aromatic N) is 2. The second kappa shape index (κ2) is 5.54. The number of hydrogen-bond donors (Lipinski definition) is 1. The molecule has 5 nitrogen and oxygen atoms in total. The first-order valence-electron chi connectivity index (χ1n) is 6.70. The van der Waals surface area contributed by atoms with Gasteiger partial charge in [0.05, 0.1) is 11.5 Å². The molecule has 2 rings (SSSR count). The third kappa shape index (κ3) is 3.73. The quantitative estimate of drug-likeness (QED) is 0.889. The Bertz CT molecular complexity index is 557. The first kappa shape index (κ1) is 14.4. The summed E-state index contributed by atoms with van der Waals surface area (Å²) >= 11 is 0. The molecule has 1 saturated heterocycles. The number of sulfone groups is 1. The molecule has 2 atom stereocenters. The highest BCUT2D eigenvalue weighted by atomic mass is 32.2. The standard InChI is InChI=1S/C13H21N3O2S/c1-3-11(14)7-12-6-9(2)15-13(16-12)10-4-5-19(17,18)8-10/h6,10-11H,3-5,7-8,14H2,1-2H3. The van der Waals surface area contributed by atoms with Crippen molar-refractivity contribution in [1.29, 1.82) is 0 Å². The number of aromatic nitrogens is 2. The number of nitrogens with two attached hydrogens (primary N) is 1. The molecule has 19 heavy (non-hydrogen) atoms. The fraction of sp³-hybridized carbons (Fsp3) is 0.692. The largest absolute Gasteiger partial charge is 0.327 e. The van der Waals surface area contributed by atoms with Gasteiger partial charge < -0.3 is 5.73 Å². The predicted octanol–water partition coefficient (Wildman–Crippen LogP) is 0.967. The van der Waals surface area contributed by atoms with Crippen molar-refractivity contribution in [2.75, 3.05) is 11.5 Å². The topological polar surface area (TPSA) is 85.9 Å². The van der Waals surface area contributed by atoms with Crippen LogP contribution >= 0.6 is 0 Å². The number of rotatable bonds is 4. The average Bonchev–Trinajstić information content (AvgIpc) is 2.69. The summed E-state index contributed by atoms with van der Waals surface area (Å²) in [6, 6.07) is 2.03. The van der Waals surface area contributed by atoms with Gasteiger partial charge in [-0.05, 0) is 25.8 Å². The van der Waals surface area contributed by atoms with Gasteiger partial charge in [0, 0.05) is 29.8 Å². The minimum atomic E-state index is -2.90. The molecule has 1 fully saturated rings. The van der Waals surface area contributed by atoms with E-state index >= 15 is 0 Å². The molecular weight excluding hydrogens is 262 g/mol. The molecule has 0 aromatic carbocycles. The SMILES string of the molecule is CCC(N)Cc1cc(C)nc(C2CCS(=O)(=O)C2)n1. The van der Waals surface area contributed by atoms with E-state index < -0.39 is 9.84 Å². The first-order valence-corrected chi connectivity index (χ1v) is 8.52. The van der Waals surface area contributed by atoms with E-state index in [4.69, 9.17) is 5.73 Å². The van der Waals surface area contributed by atoms with Crippen LogP contribution in [0.5, 0.6) is 0 Å². The fourth-order valence-corrected chi connectivity index (χ4v) is 4.10. The zero-order chi connectivity index (χ0) is 14.0. The third-order valence-electron chi connectivity index (χ3n) is 3.52. The summed E-state index contributed by atoms with van der Waals surface area (Å²) in [4.78, 5) is 8.91. The maximum absolute atomic E-state index is 11.5. The monoisotopic (exact) mass is 283 g/mol. The zero-order valence-electron chi connectivity index (χ0n) is 11.5. The summed E-state index contributed by atoms with van der Waals surface area (Å²) in [6.07, 6.45) is 2.24. The molecule has 1 aromatic rings. The van der Waals surface area contributed by atoms with Crippen LogP contribution in [0, 0.1) is 6.92 Å². The Morgan fingerprint density at radius 3 is 2.79 bits per heavy atom. The normalized spacial score (nSPS) is 23.4. The Morgan fingerprint density at radius 2 is 2.21 bits per heavy atom. The van der Waals surface area contributed by atoms with Gasteiger partial charge in [0.15, 0.2) is 9.84 Å². The van der Waals surface area contributed by atoms with Crippen LogP contribution in [0.25, 0.3) is 0 Å². The first-order chi connectivity index (χ1) is 8.89.